The van der Waals surface area contributed by atoms with Gasteiger partial charge in [0.1, 0.15) is 0 Å². The molecule has 0 aliphatic rings. The van der Waals surface area contributed by atoms with Gasteiger partial charge >= 0.3 is 5.97 Å². The number of carbonyl (C=O) groups is 2. The highest BCUT2D eigenvalue weighted by Crippen LogP contribution is 2.12. The molecule has 14 heavy (non-hydrogen) atoms. The van der Waals surface area contributed by atoms with Gasteiger partial charge in [0.15, 0.2) is 5.78 Å². The quantitative estimate of drug-likeness (QED) is 0.718. The van der Waals surface area contributed by atoms with Crippen LogP contribution < -0.4 is 0 Å². The van der Waals surface area contributed by atoms with E-state index in [0.29, 0.717) is 5.56 Å². The molecule has 2 N–H and O–H groups in total. The normalized spacial score (nSPS) is 10.1. The van der Waals surface area contributed by atoms with Crippen molar-refractivity contribution in [3.8, 4) is 0 Å². The molecule has 0 unspecified atom stereocenters. The minimum Gasteiger partial charge on any atom is -0.481 e. The zero-order valence-corrected chi connectivity index (χ0v) is 8.26. The van der Waals surface area contributed by atoms with Crippen molar-refractivity contribution >= 4 is 11.8 Å². The molecule has 0 radical (unpaired) electrons. The van der Waals surface area contributed by atoms with Crippen LogP contribution in [0, 0.1) is 13.8 Å². The maximum atomic E-state index is 11.5. The molecular weight excluding hydrogens is 182 g/mol. The van der Waals surface area contributed by atoms with Crippen molar-refractivity contribution in [2.75, 3.05) is 0 Å². The van der Waals surface area contributed by atoms with Gasteiger partial charge in [0.05, 0.1) is 6.42 Å². The number of aliphatic carboxylic acids is 1. The third-order valence-corrected chi connectivity index (χ3v) is 2.02. The van der Waals surface area contributed by atoms with Crippen LogP contribution >= 0.6 is 0 Å². The highest BCUT2D eigenvalue weighted by atomic mass is 16.4. The molecule has 0 aromatic carbocycles. The molecule has 0 bridgehead atoms. The molecule has 4 heteroatoms. The summed E-state index contributed by atoms with van der Waals surface area (Å²) in [4.78, 5) is 24.8. The van der Waals surface area contributed by atoms with E-state index >= 15 is 0 Å². The molecule has 0 saturated carbocycles. The van der Waals surface area contributed by atoms with Gasteiger partial charge in [0.2, 0.25) is 0 Å². The van der Waals surface area contributed by atoms with Gasteiger partial charge in [-0.05, 0) is 19.9 Å². The summed E-state index contributed by atoms with van der Waals surface area (Å²) in [7, 11) is 0. The molecule has 0 atom stereocenters. The molecule has 0 saturated heterocycles. The number of H-pyrrole nitrogens is 1. The van der Waals surface area contributed by atoms with E-state index in [9.17, 15) is 9.59 Å². The van der Waals surface area contributed by atoms with E-state index in [0.717, 1.165) is 11.4 Å². The Balaban J connectivity index is 2.69. The first-order valence-corrected chi connectivity index (χ1v) is 4.42. The van der Waals surface area contributed by atoms with Crippen LogP contribution in [0.5, 0.6) is 0 Å². The van der Waals surface area contributed by atoms with Gasteiger partial charge in [-0.1, -0.05) is 0 Å². The highest BCUT2D eigenvalue weighted by molar-refractivity contribution is 5.98. The Kier molecular flexibility index (Phi) is 3.06. The third kappa shape index (κ3) is 2.45. The molecule has 1 aromatic heterocycles. The fourth-order valence-corrected chi connectivity index (χ4v) is 1.37. The third-order valence-electron chi connectivity index (χ3n) is 2.02. The molecule has 76 valence electrons. The van der Waals surface area contributed by atoms with Crippen LogP contribution in [-0.2, 0) is 4.79 Å². The topological polar surface area (TPSA) is 70.2 Å². The molecule has 4 nitrogen and oxygen atoms in total. The number of aryl methyl sites for hydroxylation is 2. The maximum Gasteiger partial charge on any atom is 0.303 e. The Bertz CT molecular complexity index is 365. The van der Waals surface area contributed by atoms with E-state index in [1.54, 1.807) is 13.0 Å². The fraction of sp³-hybridized carbons (Fsp3) is 0.400. The molecule has 0 spiro atoms. The number of hydrogen-bond donors (Lipinski definition) is 2. The van der Waals surface area contributed by atoms with Gasteiger partial charge < -0.3 is 10.1 Å². The number of hydrogen-bond acceptors (Lipinski definition) is 2. The number of rotatable bonds is 4. The minimum absolute atomic E-state index is 0.0630. The Morgan fingerprint density at radius 1 is 1.36 bits per heavy atom. The van der Waals surface area contributed by atoms with Crippen molar-refractivity contribution in [3.05, 3.63) is 23.0 Å². The Hall–Kier alpha value is -1.58. The Morgan fingerprint density at radius 3 is 2.43 bits per heavy atom. The van der Waals surface area contributed by atoms with Crippen LogP contribution in [0.4, 0.5) is 0 Å². The van der Waals surface area contributed by atoms with Crippen molar-refractivity contribution in [3.63, 3.8) is 0 Å². The lowest BCUT2D eigenvalue weighted by atomic mass is 10.1. The summed E-state index contributed by atoms with van der Waals surface area (Å²) in [6, 6.07) is 1.75. The molecule has 1 heterocycles. The number of aromatic nitrogens is 1. The zero-order chi connectivity index (χ0) is 10.7. The number of ketones is 1. The summed E-state index contributed by atoms with van der Waals surface area (Å²) in [5.74, 6) is -1.06. The molecule has 1 aromatic rings. The van der Waals surface area contributed by atoms with E-state index in [1.165, 1.54) is 0 Å². The summed E-state index contributed by atoms with van der Waals surface area (Å²) in [5, 5.41) is 8.42. The smallest absolute Gasteiger partial charge is 0.303 e. The van der Waals surface area contributed by atoms with Gasteiger partial charge in [-0.25, -0.2) is 0 Å². The number of Topliss-reactive ketones (excluding diaryl/α,β-unsaturated/α-hetero) is 1. The van der Waals surface area contributed by atoms with Gasteiger partial charge in [0.25, 0.3) is 0 Å². The van der Waals surface area contributed by atoms with Crippen LogP contribution in [0.25, 0.3) is 0 Å². The number of carbonyl (C=O) groups excluding carboxylic acids is 1. The summed E-state index contributed by atoms with van der Waals surface area (Å²) in [6.07, 6.45) is -0.0457. The Labute approximate surface area is 81.9 Å². The number of carboxylic acid groups (broad SMARTS) is 1. The van der Waals surface area contributed by atoms with Gasteiger partial charge in [0, 0.05) is 23.4 Å². The van der Waals surface area contributed by atoms with E-state index in [2.05, 4.69) is 4.98 Å². The van der Waals surface area contributed by atoms with E-state index in [4.69, 9.17) is 5.11 Å². The number of aromatic amines is 1. The lowest BCUT2D eigenvalue weighted by Gasteiger charge is -1.96. The van der Waals surface area contributed by atoms with Crippen LogP contribution in [-0.4, -0.2) is 21.8 Å². The summed E-state index contributed by atoms with van der Waals surface area (Å²) in [5.41, 5.74) is 2.32. The average molecular weight is 195 g/mol. The summed E-state index contributed by atoms with van der Waals surface area (Å²) in [6.45, 7) is 3.67. The van der Waals surface area contributed by atoms with Crippen molar-refractivity contribution in [2.24, 2.45) is 0 Å². The van der Waals surface area contributed by atoms with Crippen molar-refractivity contribution in [1.82, 2.24) is 4.98 Å². The average Bonchev–Trinajstić information content (AvgIpc) is 2.41. The maximum absolute atomic E-state index is 11.5. The van der Waals surface area contributed by atoms with Gasteiger partial charge in [-0.3, -0.25) is 9.59 Å². The van der Waals surface area contributed by atoms with Gasteiger partial charge in [-0.2, -0.15) is 0 Å². The number of nitrogens with one attached hydrogen (secondary N) is 1. The van der Waals surface area contributed by atoms with Crippen LogP contribution in [0.3, 0.4) is 0 Å². The van der Waals surface area contributed by atoms with E-state index in [-0.39, 0.29) is 18.6 Å². The molecule has 0 amide bonds. The first kappa shape index (κ1) is 10.5. The van der Waals surface area contributed by atoms with Crippen molar-refractivity contribution in [1.29, 1.82) is 0 Å². The number of carboxylic acids is 1. The second kappa shape index (κ2) is 4.09. The fourth-order valence-electron chi connectivity index (χ4n) is 1.37. The first-order chi connectivity index (χ1) is 6.50. The van der Waals surface area contributed by atoms with Crippen molar-refractivity contribution < 1.29 is 14.7 Å². The molecular formula is C10H13NO3. The van der Waals surface area contributed by atoms with Crippen LogP contribution in [0.15, 0.2) is 6.07 Å². The summed E-state index contributed by atoms with van der Waals surface area (Å²) < 4.78 is 0. The highest BCUT2D eigenvalue weighted by Gasteiger charge is 2.12. The predicted octanol–water partition coefficient (Wildman–Crippen LogP) is 1.68. The lowest BCUT2D eigenvalue weighted by molar-refractivity contribution is -0.136. The van der Waals surface area contributed by atoms with Crippen LogP contribution in [0.2, 0.25) is 0 Å². The zero-order valence-electron chi connectivity index (χ0n) is 8.26. The molecule has 0 aliphatic heterocycles. The monoisotopic (exact) mass is 195 g/mol. The Morgan fingerprint density at radius 2 is 2.00 bits per heavy atom. The van der Waals surface area contributed by atoms with E-state index in [1.807, 2.05) is 6.92 Å². The summed E-state index contributed by atoms with van der Waals surface area (Å²) >= 11 is 0. The largest absolute Gasteiger partial charge is 0.481 e. The standard InChI is InChI=1S/C10H13NO3/c1-6-5-8(7(2)11-6)9(12)3-4-10(13)14/h5,11H,3-4H2,1-2H3,(H,13,14). The van der Waals surface area contributed by atoms with E-state index < -0.39 is 5.97 Å². The molecule has 1 rings (SSSR count). The predicted molar refractivity (Wildman–Crippen MR) is 51.5 cm³/mol. The minimum atomic E-state index is -0.941. The molecule has 0 fully saturated rings. The first-order valence-electron chi connectivity index (χ1n) is 4.42. The van der Waals surface area contributed by atoms with Gasteiger partial charge in [-0.15, -0.1) is 0 Å². The second-order valence-corrected chi connectivity index (χ2v) is 3.31. The second-order valence-electron chi connectivity index (χ2n) is 3.31. The van der Waals surface area contributed by atoms with Crippen LogP contribution in [0.1, 0.15) is 34.6 Å². The van der Waals surface area contributed by atoms with Crippen molar-refractivity contribution in [2.45, 2.75) is 26.7 Å². The molecule has 0 aliphatic carbocycles. The SMILES string of the molecule is Cc1cc(C(=O)CCC(=O)O)c(C)[nH]1. The lowest BCUT2D eigenvalue weighted by Crippen LogP contribution is -2.04.